The summed E-state index contributed by atoms with van der Waals surface area (Å²) >= 11 is 3.32. The van der Waals surface area contributed by atoms with Gasteiger partial charge in [-0.05, 0) is 24.6 Å². The molecule has 6 heteroatoms. The number of benzene rings is 1. The predicted octanol–water partition coefficient (Wildman–Crippen LogP) is 3.85. The fourth-order valence-corrected chi connectivity index (χ4v) is 6.30. The van der Waals surface area contributed by atoms with E-state index in [0.717, 1.165) is 21.6 Å². The van der Waals surface area contributed by atoms with Gasteiger partial charge in [-0.25, -0.2) is 4.57 Å². The number of aromatic nitrogens is 2. The highest BCUT2D eigenvalue weighted by molar-refractivity contribution is 8.00. The van der Waals surface area contributed by atoms with Gasteiger partial charge < -0.3 is 5.73 Å². The van der Waals surface area contributed by atoms with Crippen LogP contribution in [0.5, 0.6) is 0 Å². The van der Waals surface area contributed by atoms with Crippen molar-refractivity contribution >= 4 is 35.1 Å². The van der Waals surface area contributed by atoms with Crippen LogP contribution in [0.2, 0.25) is 0 Å². The van der Waals surface area contributed by atoms with E-state index in [4.69, 9.17) is 10.7 Å². The van der Waals surface area contributed by atoms with Crippen LogP contribution in [-0.4, -0.2) is 21.8 Å². The standard InChI is InChI=1S/C20H21N3OS2/c1-2-11-23-18(21)17-14-9-6-10-16(14)26-19(17)22-20(23)25-12-15(24)13-7-4-3-5-8-13/h2-5,7-8,14,16,21H,1,6,9-12H2/p+1/t14-,16-/m0/s1. The van der Waals surface area contributed by atoms with Crippen molar-refractivity contribution in [3.63, 3.8) is 0 Å². The van der Waals surface area contributed by atoms with Gasteiger partial charge in [-0.3, -0.25) is 4.79 Å². The van der Waals surface area contributed by atoms with Crippen LogP contribution >= 0.6 is 23.5 Å². The highest BCUT2D eigenvalue weighted by atomic mass is 32.2. The number of hydrogen-bond donors (Lipinski definition) is 1. The fraction of sp³-hybridized carbons (Fsp3) is 0.350. The lowest BCUT2D eigenvalue weighted by molar-refractivity contribution is -0.714. The van der Waals surface area contributed by atoms with Crippen LogP contribution in [-0.2, 0) is 6.54 Å². The Labute approximate surface area is 162 Å². The average molecular weight is 385 g/mol. The molecule has 1 saturated carbocycles. The van der Waals surface area contributed by atoms with Crippen molar-refractivity contribution in [1.29, 1.82) is 0 Å². The monoisotopic (exact) mass is 384 g/mol. The Morgan fingerprint density at radius 1 is 1.38 bits per heavy atom. The Morgan fingerprint density at radius 2 is 2.19 bits per heavy atom. The number of hydrogen-bond acceptors (Lipinski definition) is 5. The zero-order valence-corrected chi connectivity index (χ0v) is 16.2. The van der Waals surface area contributed by atoms with Crippen LogP contribution < -0.4 is 10.3 Å². The molecule has 1 aromatic heterocycles. The average Bonchev–Trinajstić information content (AvgIpc) is 3.24. The van der Waals surface area contributed by atoms with Gasteiger partial charge >= 0.3 is 5.16 Å². The maximum absolute atomic E-state index is 12.5. The van der Waals surface area contributed by atoms with Crippen molar-refractivity contribution in [2.24, 2.45) is 0 Å². The molecule has 0 saturated heterocycles. The van der Waals surface area contributed by atoms with Crippen LogP contribution in [0.1, 0.15) is 41.1 Å². The van der Waals surface area contributed by atoms with E-state index in [1.165, 1.54) is 36.6 Å². The minimum absolute atomic E-state index is 0.103. The van der Waals surface area contributed by atoms with E-state index in [0.29, 0.717) is 23.5 Å². The van der Waals surface area contributed by atoms with Gasteiger partial charge in [-0.2, -0.15) is 0 Å². The molecule has 2 aromatic rings. The zero-order chi connectivity index (χ0) is 18.1. The normalized spacial score (nSPS) is 20.6. The highest BCUT2D eigenvalue weighted by Gasteiger charge is 2.43. The summed E-state index contributed by atoms with van der Waals surface area (Å²) in [7, 11) is 0. The van der Waals surface area contributed by atoms with Gasteiger partial charge in [-0.15, -0.1) is 0 Å². The lowest BCUT2D eigenvalue weighted by Crippen LogP contribution is -2.41. The third-order valence-electron chi connectivity index (χ3n) is 5.05. The quantitative estimate of drug-likeness (QED) is 0.205. The number of nitrogens with two attached hydrogens (primary N) is 1. The summed E-state index contributed by atoms with van der Waals surface area (Å²) in [5.41, 5.74) is 8.51. The summed E-state index contributed by atoms with van der Waals surface area (Å²) in [6.45, 7) is 4.46. The molecule has 1 aliphatic carbocycles. The van der Waals surface area contributed by atoms with Crippen LogP contribution in [0.3, 0.4) is 0 Å². The van der Waals surface area contributed by atoms with Gasteiger partial charge in [0.05, 0.1) is 17.9 Å². The first-order valence-corrected chi connectivity index (χ1v) is 10.8. The molecule has 4 rings (SSSR count). The van der Waals surface area contributed by atoms with E-state index in [-0.39, 0.29) is 5.78 Å². The molecule has 4 nitrogen and oxygen atoms in total. The molecule has 0 radical (unpaired) electrons. The Hall–Kier alpha value is -1.79. The van der Waals surface area contributed by atoms with Crippen LogP contribution in [0.4, 0.5) is 5.82 Å². The lowest BCUT2D eigenvalue weighted by Gasteiger charge is -2.12. The summed E-state index contributed by atoms with van der Waals surface area (Å²) < 4.78 is 2.01. The lowest BCUT2D eigenvalue weighted by atomic mass is 10.00. The number of fused-ring (bicyclic) bond motifs is 3. The number of rotatable bonds is 6. The van der Waals surface area contributed by atoms with Crippen molar-refractivity contribution in [3.05, 3.63) is 54.1 Å². The Kier molecular flexibility index (Phi) is 5.05. The van der Waals surface area contributed by atoms with Crippen LogP contribution in [0.25, 0.3) is 0 Å². The number of ketones is 1. The van der Waals surface area contributed by atoms with E-state index in [1.807, 2.05) is 52.7 Å². The highest BCUT2D eigenvalue weighted by Crippen LogP contribution is 2.54. The first kappa shape index (κ1) is 17.6. The minimum atomic E-state index is 0.103. The van der Waals surface area contributed by atoms with Crippen molar-refractivity contribution < 1.29 is 9.36 Å². The zero-order valence-electron chi connectivity index (χ0n) is 14.6. The van der Waals surface area contributed by atoms with E-state index < -0.39 is 0 Å². The molecular weight excluding hydrogens is 362 g/mol. The van der Waals surface area contributed by atoms with Crippen LogP contribution in [0, 0.1) is 0 Å². The number of nitrogens with zero attached hydrogens (tertiary/aromatic N) is 2. The molecule has 0 amide bonds. The van der Waals surface area contributed by atoms with E-state index in [2.05, 4.69) is 6.58 Å². The van der Waals surface area contributed by atoms with Gasteiger partial charge in [0, 0.05) is 16.7 Å². The number of carbonyl (C=O) groups excluding carboxylic acids is 1. The molecule has 0 unspecified atom stereocenters. The Morgan fingerprint density at radius 3 is 2.96 bits per heavy atom. The van der Waals surface area contributed by atoms with Crippen molar-refractivity contribution in [2.75, 3.05) is 11.5 Å². The molecular formula is C20H22N3OS2+. The van der Waals surface area contributed by atoms with Gasteiger partial charge in [0.2, 0.25) is 5.82 Å². The van der Waals surface area contributed by atoms with Crippen molar-refractivity contribution in [2.45, 2.75) is 47.2 Å². The van der Waals surface area contributed by atoms with Gasteiger partial charge in [0.25, 0.3) is 0 Å². The van der Waals surface area contributed by atoms with E-state index in [1.54, 1.807) is 0 Å². The number of allylic oxidation sites excluding steroid dienone is 1. The summed E-state index contributed by atoms with van der Waals surface area (Å²) in [5, 5.41) is 2.48. The summed E-state index contributed by atoms with van der Waals surface area (Å²) in [5.74, 6) is 1.78. The third kappa shape index (κ3) is 3.16. The molecule has 1 fully saturated rings. The third-order valence-corrected chi connectivity index (χ3v) is 7.43. The fourth-order valence-electron chi connectivity index (χ4n) is 3.80. The van der Waals surface area contributed by atoms with Crippen molar-refractivity contribution in [1.82, 2.24) is 4.98 Å². The smallest absolute Gasteiger partial charge is 0.300 e. The summed E-state index contributed by atoms with van der Waals surface area (Å²) in [4.78, 5) is 17.3. The molecule has 26 heavy (non-hydrogen) atoms. The second-order valence-corrected chi connectivity index (χ2v) is 8.84. The topological polar surface area (TPSA) is 59.9 Å². The first-order valence-electron chi connectivity index (χ1n) is 8.91. The molecule has 2 N–H and O–H groups in total. The largest absolute Gasteiger partial charge is 0.318 e. The minimum Gasteiger partial charge on any atom is -0.318 e. The number of nitrogen functional groups attached to an aromatic ring is 1. The van der Waals surface area contributed by atoms with Crippen molar-refractivity contribution in [3.8, 4) is 0 Å². The van der Waals surface area contributed by atoms with Gasteiger partial charge in [-0.1, -0.05) is 66.2 Å². The summed E-state index contributed by atoms with van der Waals surface area (Å²) in [6.07, 6.45) is 5.54. The number of carbonyl (C=O) groups is 1. The molecule has 1 aliphatic heterocycles. The first-order chi connectivity index (χ1) is 12.7. The molecule has 0 bridgehead atoms. The number of thioether (sulfide) groups is 2. The molecule has 0 spiro atoms. The molecule has 2 aliphatic rings. The van der Waals surface area contributed by atoms with E-state index in [9.17, 15) is 4.79 Å². The molecule has 2 atom stereocenters. The maximum atomic E-state index is 12.5. The molecule has 2 heterocycles. The van der Waals surface area contributed by atoms with Crippen LogP contribution in [0.15, 0.2) is 53.2 Å². The number of anilines is 1. The second kappa shape index (κ2) is 7.45. The second-order valence-electron chi connectivity index (χ2n) is 6.67. The summed E-state index contributed by atoms with van der Waals surface area (Å²) in [6, 6.07) is 9.39. The predicted molar refractivity (Wildman–Crippen MR) is 107 cm³/mol. The van der Waals surface area contributed by atoms with Gasteiger partial charge in [0.1, 0.15) is 0 Å². The van der Waals surface area contributed by atoms with Gasteiger partial charge in [0.15, 0.2) is 10.8 Å². The maximum Gasteiger partial charge on any atom is 0.300 e. The SMILES string of the molecule is C=CC[n+]1c(SCC(=O)c2ccccc2)nc2c(c1N)[C@H]1CCC[C@@H]1S2. The Balaban J connectivity index is 1.62. The molecule has 134 valence electrons. The number of Topliss-reactive ketones (excluding diaryl/α,β-unsaturated/α-hetero) is 1. The Bertz CT molecular complexity index is 854. The van der Waals surface area contributed by atoms with E-state index >= 15 is 0 Å². The molecule has 1 aromatic carbocycles.